The van der Waals surface area contributed by atoms with Crippen LogP contribution in [0.25, 0.3) is 0 Å². The summed E-state index contributed by atoms with van der Waals surface area (Å²) in [6.45, 7) is 2.38. The molecule has 0 saturated carbocycles. The summed E-state index contributed by atoms with van der Waals surface area (Å²) < 4.78 is 37.0. The van der Waals surface area contributed by atoms with Crippen molar-refractivity contribution < 1.29 is 18.0 Å². The van der Waals surface area contributed by atoms with E-state index in [0.717, 1.165) is 0 Å². The Morgan fingerprint density at radius 1 is 1.21 bits per heavy atom. The number of hydrogen-bond acceptors (Lipinski definition) is 3. The molecule has 0 spiro atoms. The van der Waals surface area contributed by atoms with Crippen molar-refractivity contribution in [1.29, 1.82) is 0 Å². The third kappa shape index (κ3) is 9.72. The quantitative estimate of drug-likeness (QED) is 0.697. The maximum atomic E-state index is 12.3. The molecule has 0 aliphatic heterocycles. The van der Waals surface area contributed by atoms with Crippen molar-refractivity contribution in [2.45, 2.75) is 32.4 Å². The van der Waals surface area contributed by atoms with Crippen LogP contribution < -0.4 is 5.73 Å². The predicted octanol–water partition coefficient (Wildman–Crippen LogP) is 1.46. The summed E-state index contributed by atoms with van der Waals surface area (Å²) in [5, 5.41) is 0. The molecule has 1 amide bonds. The fourth-order valence-electron chi connectivity index (χ4n) is 1.74. The van der Waals surface area contributed by atoms with Gasteiger partial charge in [-0.3, -0.25) is 9.69 Å². The average molecular weight is 283 g/mol. The molecule has 114 valence electrons. The molecule has 0 aromatic carbocycles. The van der Waals surface area contributed by atoms with Gasteiger partial charge in [0.25, 0.3) is 0 Å². The highest BCUT2D eigenvalue weighted by molar-refractivity contribution is 5.76. The van der Waals surface area contributed by atoms with Crippen LogP contribution in [-0.2, 0) is 4.79 Å². The van der Waals surface area contributed by atoms with Gasteiger partial charge in [-0.25, -0.2) is 0 Å². The van der Waals surface area contributed by atoms with E-state index >= 15 is 0 Å². The van der Waals surface area contributed by atoms with Crippen molar-refractivity contribution in [3.8, 4) is 0 Å². The lowest BCUT2D eigenvalue weighted by Crippen LogP contribution is -2.38. The van der Waals surface area contributed by atoms with E-state index in [4.69, 9.17) is 5.73 Å². The van der Waals surface area contributed by atoms with Crippen molar-refractivity contribution in [3.05, 3.63) is 0 Å². The van der Waals surface area contributed by atoms with Crippen LogP contribution in [0.2, 0.25) is 0 Å². The highest BCUT2D eigenvalue weighted by Gasteiger charge is 2.30. The van der Waals surface area contributed by atoms with Crippen molar-refractivity contribution in [1.82, 2.24) is 9.80 Å². The zero-order valence-corrected chi connectivity index (χ0v) is 11.7. The Hall–Kier alpha value is -0.820. The molecule has 0 aliphatic rings. The van der Waals surface area contributed by atoms with Gasteiger partial charge in [-0.1, -0.05) is 6.92 Å². The van der Waals surface area contributed by atoms with Gasteiger partial charge in [0.2, 0.25) is 5.91 Å². The van der Waals surface area contributed by atoms with E-state index in [1.165, 1.54) is 9.80 Å². The van der Waals surface area contributed by atoms with E-state index < -0.39 is 12.7 Å². The summed E-state index contributed by atoms with van der Waals surface area (Å²) in [7, 11) is 1.64. The molecule has 0 atom stereocenters. The lowest BCUT2D eigenvalue weighted by Gasteiger charge is -2.24. The van der Waals surface area contributed by atoms with Gasteiger partial charge in [0.1, 0.15) is 0 Å². The van der Waals surface area contributed by atoms with E-state index in [-0.39, 0.29) is 18.9 Å². The van der Waals surface area contributed by atoms with E-state index in [2.05, 4.69) is 0 Å². The second-order valence-electron chi connectivity index (χ2n) is 4.60. The molecule has 7 heteroatoms. The number of rotatable bonds is 9. The lowest BCUT2D eigenvalue weighted by atomic mass is 10.3. The maximum Gasteiger partial charge on any atom is 0.401 e. The van der Waals surface area contributed by atoms with Crippen LogP contribution in [0.1, 0.15) is 26.2 Å². The summed E-state index contributed by atoms with van der Waals surface area (Å²) in [6.07, 6.45) is -2.78. The lowest BCUT2D eigenvalue weighted by molar-refractivity contribution is -0.148. The number of carbonyl (C=O) groups excluding carboxylic acids is 1. The first-order valence-electron chi connectivity index (χ1n) is 6.53. The Labute approximate surface area is 112 Å². The molecule has 0 aromatic heterocycles. The normalized spacial score (nSPS) is 11.9. The zero-order valence-electron chi connectivity index (χ0n) is 11.7. The van der Waals surface area contributed by atoms with Crippen LogP contribution in [0, 0.1) is 0 Å². The highest BCUT2D eigenvalue weighted by atomic mass is 19.4. The number of carbonyl (C=O) groups is 1. The first kappa shape index (κ1) is 18.2. The molecule has 0 aliphatic carbocycles. The SMILES string of the molecule is CCCN(CCC(=O)N(C)CCCN)CC(F)(F)F. The first-order valence-corrected chi connectivity index (χ1v) is 6.53. The Bertz CT molecular complexity index is 259. The molecular weight excluding hydrogens is 259 g/mol. The van der Waals surface area contributed by atoms with Crippen LogP contribution in [0.4, 0.5) is 13.2 Å². The summed E-state index contributed by atoms with van der Waals surface area (Å²) in [5.41, 5.74) is 5.34. The van der Waals surface area contributed by atoms with Gasteiger partial charge in [0.05, 0.1) is 6.54 Å². The van der Waals surface area contributed by atoms with E-state index in [1.807, 2.05) is 6.92 Å². The molecule has 0 aromatic rings. The van der Waals surface area contributed by atoms with Crippen LogP contribution in [0.15, 0.2) is 0 Å². The average Bonchev–Trinajstić information content (AvgIpc) is 2.31. The summed E-state index contributed by atoms with van der Waals surface area (Å²) in [5.74, 6) is -0.142. The fourth-order valence-corrected chi connectivity index (χ4v) is 1.74. The molecule has 0 bridgehead atoms. The topological polar surface area (TPSA) is 49.6 Å². The van der Waals surface area contributed by atoms with Gasteiger partial charge in [0.15, 0.2) is 0 Å². The van der Waals surface area contributed by atoms with Crippen molar-refractivity contribution in [2.75, 3.05) is 39.8 Å². The molecule has 0 unspecified atom stereocenters. The standard InChI is InChI=1S/C12H24F3N3O/c1-3-7-18(10-12(13,14)15)9-5-11(19)17(2)8-4-6-16/h3-10,16H2,1-2H3. The van der Waals surface area contributed by atoms with Gasteiger partial charge in [0, 0.05) is 26.6 Å². The zero-order chi connectivity index (χ0) is 14.9. The minimum absolute atomic E-state index is 0.108. The smallest absolute Gasteiger partial charge is 0.346 e. The van der Waals surface area contributed by atoms with Crippen molar-refractivity contribution >= 4 is 5.91 Å². The number of nitrogens with zero attached hydrogens (tertiary/aromatic N) is 2. The second-order valence-corrected chi connectivity index (χ2v) is 4.60. The van der Waals surface area contributed by atoms with Crippen LogP contribution in [0.5, 0.6) is 0 Å². The number of nitrogens with two attached hydrogens (primary N) is 1. The van der Waals surface area contributed by atoms with Gasteiger partial charge in [-0.2, -0.15) is 13.2 Å². The minimum atomic E-state index is -4.22. The minimum Gasteiger partial charge on any atom is -0.346 e. The van der Waals surface area contributed by atoms with Crippen molar-refractivity contribution in [2.24, 2.45) is 5.73 Å². The third-order valence-electron chi connectivity index (χ3n) is 2.71. The monoisotopic (exact) mass is 283 g/mol. The molecule has 4 nitrogen and oxygen atoms in total. The maximum absolute atomic E-state index is 12.3. The van der Waals surface area contributed by atoms with Gasteiger partial charge < -0.3 is 10.6 Å². The first-order chi connectivity index (χ1) is 8.80. The van der Waals surface area contributed by atoms with Gasteiger partial charge in [-0.05, 0) is 25.9 Å². The molecule has 0 heterocycles. The van der Waals surface area contributed by atoms with E-state index in [1.54, 1.807) is 7.05 Å². The highest BCUT2D eigenvalue weighted by Crippen LogP contribution is 2.16. The largest absolute Gasteiger partial charge is 0.401 e. The fraction of sp³-hybridized carbons (Fsp3) is 0.917. The summed E-state index contributed by atoms with van der Waals surface area (Å²) >= 11 is 0. The number of alkyl halides is 3. The summed E-state index contributed by atoms with van der Waals surface area (Å²) in [6, 6.07) is 0. The Morgan fingerprint density at radius 2 is 1.84 bits per heavy atom. The Morgan fingerprint density at radius 3 is 2.32 bits per heavy atom. The summed E-state index contributed by atoms with van der Waals surface area (Å²) in [4.78, 5) is 14.5. The molecule has 2 N–H and O–H groups in total. The molecule has 0 rings (SSSR count). The Balaban J connectivity index is 4.12. The predicted molar refractivity (Wildman–Crippen MR) is 68.7 cm³/mol. The molecule has 0 radical (unpaired) electrons. The Kier molecular flexibility index (Phi) is 8.75. The van der Waals surface area contributed by atoms with Crippen LogP contribution in [0.3, 0.4) is 0 Å². The third-order valence-corrected chi connectivity index (χ3v) is 2.71. The van der Waals surface area contributed by atoms with Crippen molar-refractivity contribution in [3.63, 3.8) is 0 Å². The number of halogens is 3. The molecular formula is C12H24F3N3O. The van der Waals surface area contributed by atoms with E-state index in [0.29, 0.717) is 32.5 Å². The second kappa shape index (κ2) is 9.14. The van der Waals surface area contributed by atoms with Gasteiger partial charge in [-0.15, -0.1) is 0 Å². The molecule has 0 fully saturated rings. The van der Waals surface area contributed by atoms with Crippen LogP contribution in [-0.4, -0.2) is 61.7 Å². The van der Waals surface area contributed by atoms with Crippen LogP contribution >= 0.6 is 0 Å². The number of hydrogen-bond donors (Lipinski definition) is 1. The van der Waals surface area contributed by atoms with E-state index in [9.17, 15) is 18.0 Å². The van der Waals surface area contributed by atoms with Gasteiger partial charge >= 0.3 is 6.18 Å². The molecule has 19 heavy (non-hydrogen) atoms. The molecule has 0 saturated heterocycles. The number of amides is 1.